The number of rotatable bonds is 7. The number of hydrogen-bond acceptors (Lipinski definition) is 3. The zero-order chi connectivity index (χ0) is 15.7. The first-order valence-corrected chi connectivity index (χ1v) is 7.74. The number of esters is 1. The molecule has 0 bridgehead atoms. The first-order valence-electron chi connectivity index (χ1n) is 6.95. The van der Waals surface area contributed by atoms with Crippen molar-refractivity contribution >= 4 is 33.9 Å². The smallest absolute Gasteiger partial charge is 0.331 e. The quantitative estimate of drug-likeness (QED) is 0.604. The average molecular weight is 354 g/mol. The Morgan fingerprint density at radius 1 is 1.29 bits per heavy atom. The molecular formula is C16H20BrNO3. The molecular weight excluding hydrogens is 334 g/mol. The number of carbonyl (C=O) groups is 2. The Bertz CT molecular complexity index is 510. The van der Waals surface area contributed by atoms with Gasteiger partial charge in [0.1, 0.15) is 0 Å². The number of hydrogen-bond donors (Lipinski definition) is 1. The Labute approximate surface area is 133 Å². The molecule has 0 fully saturated rings. The van der Waals surface area contributed by atoms with E-state index in [1.54, 1.807) is 6.08 Å². The third-order valence-corrected chi connectivity index (χ3v) is 3.72. The van der Waals surface area contributed by atoms with Crippen LogP contribution in [0.3, 0.4) is 0 Å². The van der Waals surface area contributed by atoms with Crippen LogP contribution in [0.25, 0.3) is 6.08 Å². The van der Waals surface area contributed by atoms with E-state index in [4.69, 9.17) is 4.74 Å². The number of benzene rings is 1. The van der Waals surface area contributed by atoms with Crippen molar-refractivity contribution in [1.29, 1.82) is 0 Å². The van der Waals surface area contributed by atoms with Crippen LogP contribution < -0.4 is 5.32 Å². The molecule has 114 valence electrons. The Balaban J connectivity index is 2.41. The van der Waals surface area contributed by atoms with Crippen LogP contribution in [-0.2, 0) is 14.3 Å². The Hall–Kier alpha value is -1.62. The minimum absolute atomic E-state index is 0.131. The molecule has 4 nitrogen and oxygen atoms in total. The Morgan fingerprint density at radius 2 is 1.95 bits per heavy atom. The Kier molecular flexibility index (Phi) is 7.75. The standard InChI is InChI=1S/C16H20BrNO3/c1-3-13(4-2)18-15(19)11-21-16(20)10-9-12-7-5-6-8-14(12)17/h5-10,13H,3-4,11H2,1-2H3,(H,18,19)/b10-9+. The summed E-state index contributed by atoms with van der Waals surface area (Å²) in [5.41, 5.74) is 0.871. The van der Waals surface area contributed by atoms with Gasteiger partial charge >= 0.3 is 5.97 Å². The first-order chi connectivity index (χ1) is 10.1. The highest BCUT2D eigenvalue weighted by molar-refractivity contribution is 9.10. The van der Waals surface area contributed by atoms with Gasteiger partial charge in [-0.3, -0.25) is 4.79 Å². The van der Waals surface area contributed by atoms with Crippen molar-refractivity contribution in [3.8, 4) is 0 Å². The van der Waals surface area contributed by atoms with E-state index in [-0.39, 0.29) is 18.6 Å². The van der Waals surface area contributed by atoms with Crippen molar-refractivity contribution in [2.24, 2.45) is 0 Å². The van der Waals surface area contributed by atoms with Gasteiger partial charge in [0.05, 0.1) is 0 Å². The normalized spacial score (nSPS) is 10.9. The molecule has 0 aromatic heterocycles. The van der Waals surface area contributed by atoms with Gasteiger partial charge in [0.2, 0.25) is 0 Å². The summed E-state index contributed by atoms with van der Waals surface area (Å²) in [6, 6.07) is 7.65. The lowest BCUT2D eigenvalue weighted by atomic mass is 10.2. The van der Waals surface area contributed by atoms with E-state index in [2.05, 4.69) is 21.2 Å². The third kappa shape index (κ3) is 6.58. The molecule has 0 spiro atoms. The second-order valence-electron chi connectivity index (χ2n) is 4.54. The fraction of sp³-hybridized carbons (Fsp3) is 0.375. The SMILES string of the molecule is CCC(CC)NC(=O)COC(=O)/C=C/c1ccccc1Br. The monoisotopic (exact) mass is 353 g/mol. The topological polar surface area (TPSA) is 55.4 Å². The lowest BCUT2D eigenvalue weighted by Crippen LogP contribution is -2.36. The van der Waals surface area contributed by atoms with Crippen molar-refractivity contribution < 1.29 is 14.3 Å². The molecule has 0 atom stereocenters. The summed E-state index contributed by atoms with van der Waals surface area (Å²) in [5.74, 6) is -0.809. The fourth-order valence-corrected chi connectivity index (χ4v) is 2.13. The molecule has 0 radical (unpaired) electrons. The summed E-state index contributed by atoms with van der Waals surface area (Å²) < 4.78 is 5.79. The molecule has 1 aromatic rings. The highest BCUT2D eigenvalue weighted by Gasteiger charge is 2.09. The summed E-state index contributed by atoms with van der Waals surface area (Å²) in [6.07, 6.45) is 4.67. The number of nitrogens with one attached hydrogen (secondary N) is 1. The molecule has 5 heteroatoms. The van der Waals surface area contributed by atoms with Crippen LogP contribution in [0.5, 0.6) is 0 Å². The molecule has 1 rings (SSSR count). The predicted molar refractivity (Wildman–Crippen MR) is 86.6 cm³/mol. The molecule has 0 saturated heterocycles. The second kappa shape index (κ2) is 9.34. The number of carbonyl (C=O) groups excluding carboxylic acids is 2. The van der Waals surface area contributed by atoms with E-state index in [0.29, 0.717) is 0 Å². The van der Waals surface area contributed by atoms with Crippen LogP contribution in [0, 0.1) is 0 Å². The molecule has 1 N–H and O–H groups in total. The van der Waals surface area contributed by atoms with Crippen molar-refractivity contribution in [2.75, 3.05) is 6.61 Å². The van der Waals surface area contributed by atoms with Crippen LogP contribution in [0.2, 0.25) is 0 Å². The van der Waals surface area contributed by atoms with Crippen molar-refractivity contribution in [1.82, 2.24) is 5.32 Å². The van der Waals surface area contributed by atoms with Gasteiger partial charge in [0.15, 0.2) is 6.61 Å². The first kappa shape index (κ1) is 17.4. The summed E-state index contributed by atoms with van der Waals surface area (Å²) >= 11 is 3.38. The molecule has 21 heavy (non-hydrogen) atoms. The van der Waals surface area contributed by atoms with Gasteiger partial charge < -0.3 is 10.1 Å². The van der Waals surface area contributed by atoms with Crippen molar-refractivity contribution in [2.45, 2.75) is 32.7 Å². The average Bonchev–Trinajstić information content (AvgIpc) is 2.49. The molecule has 0 saturated carbocycles. The summed E-state index contributed by atoms with van der Waals surface area (Å²) in [5, 5.41) is 2.81. The van der Waals surface area contributed by atoms with E-state index < -0.39 is 5.97 Å². The summed E-state index contributed by atoms with van der Waals surface area (Å²) in [4.78, 5) is 23.1. The van der Waals surface area contributed by atoms with Crippen LogP contribution >= 0.6 is 15.9 Å². The third-order valence-electron chi connectivity index (χ3n) is 3.00. The van der Waals surface area contributed by atoms with E-state index in [1.165, 1.54) is 6.08 Å². The number of ether oxygens (including phenoxy) is 1. The lowest BCUT2D eigenvalue weighted by molar-refractivity contribution is -0.144. The summed E-state index contributed by atoms with van der Waals surface area (Å²) in [6.45, 7) is 3.75. The highest BCUT2D eigenvalue weighted by atomic mass is 79.9. The fourth-order valence-electron chi connectivity index (χ4n) is 1.72. The maximum absolute atomic E-state index is 11.6. The van der Waals surface area contributed by atoms with Crippen LogP contribution in [0.1, 0.15) is 32.3 Å². The molecule has 0 aliphatic carbocycles. The largest absolute Gasteiger partial charge is 0.452 e. The van der Waals surface area contributed by atoms with Gasteiger partial charge in [-0.15, -0.1) is 0 Å². The maximum Gasteiger partial charge on any atom is 0.331 e. The molecule has 1 amide bonds. The summed E-state index contributed by atoms with van der Waals surface area (Å²) in [7, 11) is 0. The molecule has 1 aromatic carbocycles. The van der Waals surface area contributed by atoms with Gasteiger partial charge in [0.25, 0.3) is 5.91 Å². The number of halogens is 1. The van der Waals surface area contributed by atoms with Crippen molar-refractivity contribution in [3.05, 3.63) is 40.4 Å². The molecule has 0 aliphatic rings. The van der Waals surface area contributed by atoms with E-state index in [1.807, 2.05) is 38.1 Å². The second-order valence-corrected chi connectivity index (χ2v) is 5.40. The minimum Gasteiger partial charge on any atom is -0.452 e. The van der Waals surface area contributed by atoms with Gasteiger partial charge in [-0.1, -0.05) is 48.0 Å². The van der Waals surface area contributed by atoms with Crippen LogP contribution in [0.4, 0.5) is 0 Å². The van der Waals surface area contributed by atoms with Crippen LogP contribution in [0.15, 0.2) is 34.8 Å². The van der Waals surface area contributed by atoms with Crippen molar-refractivity contribution in [3.63, 3.8) is 0 Å². The molecule has 0 aliphatic heterocycles. The lowest BCUT2D eigenvalue weighted by Gasteiger charge is -2.14. The van der Waals surface area contributed by atoms with Crippen LogP contribution in [-0.4, -0.2) is 24.5 Å². The zero-order valence-corrected chi connectivity index (χ0v) is 13.9. The van der Waals surface area contributed by atoms with E-state index in [9.17, 15) is 9.59 Å². The van der Waals surface area contributed by atoms with Gasteiger partial charge in [0, 0.05) is 16.6 Å². The van der Waals surface area contributed by atoms with E-state index in [0.717, 1.165) is 22.9 Å². The molecule has 0 unspecified atom stereocenters. The van der Waals surface area contributed by atoms with Gasteiger partial charge in [-0.2, -0.15) is 0 Å². The number of amides is 1. The Morgan fingerprint density at radius 3 is 2.57 bits per heavy atom. The predicted octanol–water partition coefficient (Wildman–Crippen LogP) is 3.31. The zero-order valence-electron chi connectivity index (χ0n) is 12.3. The highest BCUT2D eigenvalue weighted by Crippen LogP contribution is 2.17. The van der Waals surface area contributed by atoms with Gasteiger partial charge in [-0.25, -0.2) is 4.79 Å². The minimum atomic E-state index is -0.537. The van der Waals surface area contributed by atoms with Gasteiger partial charge in [-0.05, 0) is 30.5 Å². The van der Waals surface area contributed by atoms with E-state index >= 15 is 0 Å². The molecule has 0 heterocycles. The maximum atomic E-state index is 11.6.